The zero-order valence-electron chi connectivity index (χ0n) is 13.1. The van der Waals surface area contributed by atoms with Crippen molar-refractivity contribution in [3.8, 4) is 0 Å². The van der Waals surface area contributed by atoms with E-state index in [-0.39, 0.29) is 11.8 Å². The molecule has 0 radical (unpaired) electrons. The van der Waals surface area contributed by atoms with Crippen LogP contribution in [0.4, 0.5) is 0 Å². The Morgan fingerprint density at radius 2 is 1.67 bits per heavy atom. The Bertz CT molecular complexity index is 535. The van der Waals surface area contributed by atoms with Crippen LogP contribution in [0, 0.1) is 5.92 Å². The summed E-state index contributed by atoms with van der Waals surface area (Å²) >= 11 is 0. The van der Waals surface area contributed by atoms with E-state index in [1.165, 1.54) is 10.5 Å². The maximum atomic E-state index is 12.2. The van der Waals surface area contributed by atoms with Crippen molar-refractivity contribution in [3.05, 3.63) is 47.0 Å². The van der Waals surface area contributed by atoms with Gasteiger partial charge < -0.3 is 0 Å². The van der Waals surface area contributed by atoms with E-state index >= 15 is 0 Å². The minimum Gasteiger partial charge on any atom is -0.274 e. The number of fused-ring (bicyclic) bond motifs is 1. The number of carbonyl (C=O) groups is 2. The highest BCUT2D eigenvalue weighted by molar-refractivity contribution is 6.21. The van der Waals surface area contributed by atoms with Gasteiger partial charge in [0.1, 0.15) is 0 Å². The molecule has 1 aromatic carbocycles. The van der Waals surface area contributed by atoms with E-state index in [2.05, 4.69) is 26.8 Å². The minimum atomic E-state index is -0.146. The molecule has 3 nitrogen and oxygen atoms in total. The third-order valence-corrected chi connectivity index (χ3v) is 3.94. The van der Waals surface area contributed by atoms with Crippen molar-refractivity contribution in [2.24, 2.45) is 5.92 Å². The van der Waals surface area contributed by atoms with E-state index in [1.807, 2.05) is 0 Å². The number of allylic oxidation sites excluding steroid dienone is 2. The Kier molecular flexibility index (Phi) is 4.94. The molecule has 2 rings (SSSR count). The number of hydrogen-bond donors (Lipinski definition) is 0. The molecule has 0 spiro atoms. The highest BCUT2D eigenvalue weighted by Crippen LogP contribution is 2.23. The van der Waals surface area contributed by atoms with E-state index in [1.54, 1.807) is 24.3 Å². The molecule has 3 heteroatoms. The van der Waals surface area contributed by atoms with Gasteiger partial charge in [0.15, 0.2) is 0 Å². The molecule has 1 aromatic rings. The third kappa shape index (κ3) is 3.60. The summed E-state index contributed by atoms with van der Waals surface area (Å²) in [7, 11) is 0. The molecule has 0 saturated heterocycles. The summed E-state index contributed by atoms with van der Waals surface area (Å²) in [5.74, 6) is 0.212. The summed E-state index contributed by atoms with van der Waals surface area (Å²) in [6.45, 7) is 6.90. The van der Waals surface area contributed by atoms with Crippen molar-refractivity contribution in [3.63, 3.8) is 0 Å². The average molecular weight is 285 g/mol. The monoisotopic (exact) mass is 285 g/mol. The molecule has 0 aromatic heterocycles. The van der Waals surface area contributed by atoms with Gasteiger partial charge in [-0.15, -0.1) is 0 Å². The van der Waals surface area contributed by atoms with Gasteiger partial charge in [0, 0.05) is 6.54 Å². The number of nitrogens with zero attached hydrogens (tertiary/aromatic N) is 1. The number of amides is 2. The Morgan fingerprint density at radius 3 is 2.19 bits per heavy atom. The van der Waals surface area contributed by atoms with Crippen LogP contribution >= 0.6 is 0 Å². The third-order valence-electron chi connectivity index (χ3n) is 3.94. The van der Waals surface area contributed by atoms with Gasteiger partial charge in [-0.25, -0.2) is 0 Å². The van der Waals surface area contributed by atoms with E-state index in [4.69, 9.17) is 0 Å². The summed E-state index contributed by atoms with van der Waals surface area (Å²) in [6.07, 6.45) is 5.25. The van der Waals surface area contributed by atoms with Crippen LogP contribution in [0.3, 0.4) is 0 Å². The van der Waals surface area contributed by atoms with Crippen LogP contribution in [-0.2, 0) is 0 Å². The van der Waals surface area contributed by atoms with Crippen LogP contribution in [0.5, 0.6) is 0 Å². The molecule has 1 atom stereocenters. The van der Waals surface area contributed by atoms with Gasteiger partial charge in [-0.1, -0.05) is 30.7 Å². The molecular weight excluding hydrogens is 262 g/mol. The van der Waals surface area contributed by atoms with Gasteiger partial charge in [-0.2, -0.15) is 0 Å². The normalized spacial score (nSPS) is 15.1. The highest BCUT2D eigenvalue weighted by Gasteiger charge is 2.34. The molecule has 0 N–H and O–H groups in total. The quantitative estimate of drug-likeness (QED) is 0.584. The van der Waals surface area contributed by atoms with Crippen molar-refractivity contribution in [1.82, 2.24) is 4.90 Å². The predicted molar refractivity (Wildman–Crippen MR) is 84.3 cm³/mol. The fourth-order valence-corrected chi connectivity index (χ4v) is 2.59. The lowest BCUT2D eigenvalue weighted by Gasteiger charge is -2.17. The van der Waals surface area contributed by atoms with E-state index < -0.39 is 0 Å². The summed E-state index contributed by atoms with van der Waals surface area (Å²) < 4.78 is 0. The molecule has 21 heavy (non-hydrogen) atoms. The lowest BCUT2D eigenvalue weighted by Crippen LogP contribution is -2.31. The second kappa shape index (κ2) is 6.70. The second-order valence-corrected chi connectivity index (χ2v) is 6.06. The van der Waals surface area contributed by atoms with Gasteiger partial charge in [-0.3, -0.25) is 14.5 Å². The first-order valence-electron chi connectivity index (χ1n) is 7.59. The summed E-state index contributed by atoms with van der Waals surface area (Å²) in [5, 5.41) is 0. The molecule has 112 valence electrons. The Hall–Kier alpha value is -1.90. The van der Waals surface area contributed by atoms with Crippen molar-refractivity contribution in [2.75, 3.05) is 6.54 Å². The summed E-state index contributed by atoms with van der Waals surface area (Å²) in [4.78, 5) is 25.8. The van der Waals surface area contributed by atoms with Crippen LogP contribution in [0.1, 0.15) is 60.7 Å². The SMILES string of the molecule is CC(C)=CCCC(C)CCN1C(=O)c2ccccc2C1=O. The fourth-order valence-electron chi connectivity index (χ4n) is 2.59. The van der Waals surface area contributed by atoms with Gasteiger partial charge >= 0.3 is 0 Å². The molecule has 1 unspecified atom stereocenters. The van der Waals surface area contributed by atoms with Crippen LogP contribution in [0.15, 0.2) is 35.9 Å². The Morgan fingerprint density at radius 1 is 1.10 bits per heavy atom. The highest BCUT2D eigenvalue weighted by atomic mass is 16.2. The largest absolute Gasteiger partial charge is 0.274 e. The van der Waals surface area contributed by atoms with Crippen molar-refractivity contribution in [2.45, 2.75) is 40.0 Å². The first kappa shape index (κ1) is 15.5. The maximum absolute atomic E-state index is 12.2. The molecule has 1 aliphatic heterocycles. The van der Waals surface area contributed by atoms with E-state index in [0.29, 0.717) is 23.6 Å². The molecule has 0 fully saturated rings. The minimum absolute atomic E-state index is 0.146. The standard InChI is InChI=1S/C18H23NO2/c1-13(2)7-6-8-14(3)11-12-19-17(20)15-9-4-5-10-16(15)18(19)21/h4-5,7,9-10,14H,6,8,11-12H2,1-3H3. The second-order valence-electron chi connectivity index (χ2n) is 6.06. The fraction of sp³-hybridized carbons (Fsp3) is 0.444. The van der Waals surface area contributed by atoms with Crippen molar-refractivity contribution in [1.29, 1.82) is 0 Å². The number of rotatable bonds is 6. The Balaban J connectivity index is 1.89. The van der Waals surface area contributed by atoms with Crippen LogP contribution in [-0.4, -0.2) is 23.3 Å². The van der Waals surface area contributed by atoms with E-state index in [0.717, 1.165) is 19.3 Å². The molecular formula is C18H23NO2. The lowest BCUT2D eigenvalue weighted by atomic mass is 10.0. The lowest BCUT2D eigenvalue weighted by molar-refractivity contribution is 0.0646. The number of hydrogen-bond acceptors (Lipinski definition) is 2. The smallest absolute Gasteiger partial charge is 0.261 e. The van der Waals surface area contributed by atoms with Crippen LogP contribution in [0.25, 0.3) is 0 Å². The summed E-state index contributed by atoms with van der Waals surface area (Å²) in [5.41, 5.74) is 2.42. The zero-order valence-corrected chi connectivity index (χ0v) is 13.1. The maximum Gasteiger partial charge on any atom is 0.261 e. The number of benzene rings is 1. The zero-order chi connectivity index (χ0) is 15.4. The topological polar surface area (TPSA) is 37.4 Å². The molecule has 2 amide bonds. The van der Waals surface area contributed by atoms with E-state index in [9.17, 15) is 9.59 Å². The van der Waals surface area contributed by atoms with Crippen LogP contribution in [0.2, 0.25) is 0 Å². The molecule has 1 aliphatic rings. The first-order valence-corrected chi connectivity index (χ1v) is 7.59. The molecule has 0 aliphatic carbocycles. The number of imide groups is 1. The Labute approximate surface area is 126 Å². The van der Waals surface area contributed by atoms with Gasteiger partial charge in [0.25, 0.3) is 11.8 Å². The molecule has 0 saturated carbocycles. The molecule has 1 heterocycles. The van der Waals surface area contributed by atoms with Crippen molar-refractivity contribution >= 4 is 11.8 Å². The van der Waals surface area contributed by atoms with Gasteiger partial charge in [0.2, 0.25) is 0 Å². The van der Waals surface area contributed by atoms with Crippen LogP contribution < -0.4 is 0 Å². The molecule has 0 bridgehead atoms. The average Bonchev–Trinajstić information content (AvgIpc) is 2.69. The first-order chi connectivity index (χ1) is 10.0. The van der Waals surface area contributed by atoms with Gasteiger partial charge in [-0.05, 0) is 51.2 Å². The predicted octanol–water partition coefficient (Wildman–Crippen LogP) is 4.06. The summed E-state index contributed by atoms with van der Waals surface area (Å²) in [6, 6.07) is 7.06. The van der Waals surface area contributed by atoms with Gasteiger partial charge in [0.05, 0.1) is 11.1 Å². The van der Waals surface area contributed by atoms with Crippen molar-refractivity contribution < 1.29 is 9.59 Å². The number of carbonyl (C=O) groups excluding carboxylic acids is 2.